The fraction of sp³-hybridized carbons (Fsp3) is 0.778. The number of hydrogen-bond donors (Lipinski definition) is 1. The number of rotatable bonds is 1. The molecule has 3 nitrogen and oxygen atoms in total. The summed E-state index contributed by atoms with van der Waals surface area (Å²) in [6.07, 6.45) is 1.54. The number of hydrogen-bond acceptors (Lipinski definition) is 2. The molecule has 0 aromatic heterocycles. The second-order valence-electron chi connectivity index (χ2n) is 4.41. The number of carbonyl (C=O) groups is 1. The van der Waals surface area contributed by atoms with Crippen LogP contribution in [0, 0.1) is 6.92 Å². The molecule has 1 radical (unpaired) electrons. The van der Waals surface area contributed by atoms with Gasteiger partial charge in [-0.3, -0.25) is 0 Å². The van der Waals surface area contributed by atoms with Gasteiger partial charge in [0.15, 0.2) is 0 Å². The van der Waals surface area contributed by atoms with E-state index in [-0.39, 0.29) is 11.6 Å². The molecular formula is C9H16NO2. The molecule has 0 unspecified atom stereocenters. The van der Waals surface area contributed by atoms with Crippen molar-refractivity contribution in [3.05, 3.63) is 6.92 Å². The fourth-order valence-corrected chi connectivity index (χ4v) is 0.796. The van der Waals surface area contributed by atoms with Crippen molar-refractivity contribution < 1.29 is 9.53 Å². The number of ether oxygens (including phenoxy) is 1. The molecule has 0 bridgehead atoms. The molecule has 69 valence electrons. The quantitative estimate of drug-likeness (QED) is 0.652. The highest BCUT2D eigenvalue weighted by Gasteiger charge is 2.39. The molecule has 1 saturated carbocycles. The number of amides is 1. The lowest BCUT2D eigenvalue weighted by Crippen LogP contribution is -2.39. The molecule has 1 aliphatic carbocycles. The van der Waals surface area contributed by atoms with E-state index in [4.69, 9.17) is 4.74 Å². The lowest BCUT2D eigenvalue weighted by molar-refractivity contribution is 0.0508. The number of carbonyl (C=O) groups excluding carboxylic acids is 1. The van der Waals surface area contributed by atoms with Gasteiger partial charge in [0.05, 0.1) is 0 Å². The Morgan fingerprint density at radius 3 is 2.33 bits per heavy atom. The largest absolute Gasteiger partial charge is 0.444 e. The molecule has 0 aromatic carbocycles. The molecule has 0 aliphatic heterocycles. The Balaban J connectivity index is 2.30. The predicted molar refractivity (Wildman–Crippen MR) is 46.7 cm³/mol. The third-order valence-electron chi connectivity index (χ3n) is 1.62. The van der Waals surface area contributed by atoms with Crippen LogP contribution in [0.5, 0.6) is 0 Å². The van der Waals surface area contributed by atoms with Crippen molar-refractivity contribution in [1.29, 1.82) is 0 Å². The van der Waals surface area contributed by atoms with Crippen molar-refractivity contribution in [3.63, 3.8) is 0 Å². The lowest BCUT2D eigenvalue weighted by Gasteiger charge is -2.21. The van der Waals surface area contributed by atoms with Crippen LogP contribution in [0.2, 0.25) is 0 Å². The van der Waals surface area contributed by atoms with Crippen molar-refractivity contribution in [2.24, 2.45) is 0 Å². The normalized spacial score (nSPS) is 20.0. The topological polar surface area (TPSA) is 38.3 Å². The maximum Gasteiger partial charge on any atom is 0.408 e. The minimum absolute atomic E-state index is 0.234. The molecule has 1 N–H and O–H groups in total. The molecule has 12 heavy (non-hydrogen) atoms. The average Bonchev–Trinajstić information content (AvgIpc) is 2.40. The van der Waals surface area contributed by atoms with Crippen LogP contribution >= 0.6 is 0 Å². The van der Waals surface area contributed by atoms with Crippen LogP contribution in [0.15, 0.2) is 0 Å². The maximum atomic E-state index is 11.1. The van der Waals surface area contributed by atoms with E-state index >= 15 is 0 Å². The van der Waals surface area contributed by atoms with Gasteiger partial charge < -0.3 is 10.1 Å². The van der Waals surface area contributed by atoms with Gasteiger partial charge >= 0.3 is 6.09 Å². The summed E-state index contributed by atoms with van der Waals surface area (Å²) in [4.78, 5) is 11.1. The highest BCUT2D eigenvalue weighted by atomic mass is 16.6. The Morgan fingerprint density at radius 1 is 1.50 bits per heavy atom. The van der Waals surface area contributed by atoms with E-state index in [1.54, 1.807) is 0 Å². The SMILES string of the molecule is [CH2]C1(NC(=O)OC(C)(C)C)CC1. The van der Waals surface area contributed by atoms with Gasteiger partial charge in [-0.2, -0.15) is 0 Å². The van der Waals surface area contributed by atoms with Crippen LogP contribution in [0.3, 0.4) is 0 Å². The van der Waals surface area contributed by atoms with Gasteiger partial charge in [-0.15, -0.1) is 0 Å². The molecule has 0 aromatic rings. The van der Waals surface area contributed by atoms with Gasteiger partial charge in [0.1, 0.15) is 5.60 Å². The summed E-state index contributed by atoms with van der Waals surface area (Å²) >= 11 is 0. The summed E-state index contributed by atoms with van der Waals surface area (Å²) in [5.41, 5.74) is -0.655. The van der Waals surface area contributed by atoms with Gasteiger partial charge in [-0.1, -0.05) is 0 Å². The zero-order chi connectivity index (χ0) is 9.41. The zero-order valence-electron chi connectivity index (χ0n) is 7.94. The summed E-state index contributed by atoms with van der Waals surface area (Å²) in [5.74, 6) is 0. The van der Waals surface area contributed by atoms with E-state index in [0.717, 1.165) is 12.8 Å². The first-order valence-corrected chi connectivity index (χ1v) is 4.17. The van der Waals surface area contributed by atoms with Crippen LogP contribution in [-0.2, 0) is 4.74 Å². The molecule has 0 atom stereocenters. The number of nitrogens with one attached hydrogen (secondary N) is 1. The van der Waals surface area contributed by atoms with Crippen LogP contribution < -0.4 is 5.32 Å². The molecule has 0 spiro atoms. The van der Waals surface area contributed by atoms with Crippen molar-refractivity contribution in [2.45, 2.75) is 44.8 Å². The summed E-state index contributed by atoms with van der Waals surface area (Å²) in [6, 6.07) is 0. The van der Waals surface area contributed by atoms with Gasteiger partial charge in [-0.05, 0) is 40.5 Å². The molecule has 0 heterocycles. The summed E-state index contributed by atoms with van der Waals surface area (Å²) < 4.78 is 5.06. The molecule has 3 heteroatoms. The smallest absolute Gasteiger partial charge is 0.408 e. The van der Waals surface area contributed by atoms with Gasteiger partial charge in [0.25, 0.3) is 0 Å². The highest BCUT2D eigenvalue weighted by molar-refractivity contribution is 5.69. The van der Waals surface area contributed by atoms with E-state index in [0.29, 0.717) is 0 Å². The average molecular weight is 170 g/mol. The first-order chi connectivity index (χ1) is 5.31. The monoisotopic (exact) mass is 170 g/mol. The van der Waals surface area contributed by atoms with Gasteiger partial charge in [0.2, 0.25) is 0 Å². The van der Waals surface area contributed by atoms with E-state index in [1.165, 1.54) is 0 Å². The third-order valence-corrected chi connectivity index (χ3v) is 1.62. The highest BCUT2D eigenvalue weighted by Crippen LogP contribution is 2.33. The second kappa shape index (κ2) is 2.64. The minimum Gasteiger partial charge on any atom is -0.444 e. The summed E-state index contributed by atoms with van der Waals surface area (Å²) in [6.45, 7) is 9.37. The van der Waals surface area contributed by atoms with E-state index in [9.17, 15) is 4.79 Å². The first kappa shape index (κ1) is 9.36. The van der Waals surface area contributed by atoms with Crippen molar-refractivity contribution in [2.75, 3.05) is 0 Å². The van der Waals surface area contributed by atoms with Crippen LogP contribution in [0.25, 0.3) is 0 Å². The van der Waals surface area contributed by atoms with Crippen molar-refractivity contribution >= 4 is 6.09 Å². The molecule has 0 saturated heterocycles. The van der Waals surface area contributed by atoms with E-state index in [1.807, 2.05) is 20.8 Å². The predicted octanol–water partition coefficient (Wildman–Crippen LogP) is 1.88. The molecular weight excluding hydrogens is 154 g/mol. The molecule has 1 rings (SSSR count). The van der Waals surface area contributed by atoms with Gasteiger partial charge in [0, 0.05) is 5.54 Å². The van der Waals surface area contributed by atoms with Crippen molar-refractivity contribution in [3.8, 4) is 0 Å². The maximum absolute atomic E-state index is 11.1. The summed E-state index contributed by atoms with van der Waals surface area (Å²) in [7, 11) is 0. The minimum atomic E-state index is -0.421. The third kappa shape index (κ3) is 3.11. The second-order valence-corrected chi connectivity index (χ2v) is 4.41. The standard InChI is InChI=1S/C9H16NO2/c1-8(2,3)12-7(11)10-9(4)5-6-9/h4-6H2,1-3H3,(H,10,11). The Labute approximate surface area is 73.5 Å². The van der Waals surface area contributed by atoms with E-state index < -0.39 is 5.60 Å². The lowest BCUT2D eigenvalue weighted by atomic mass is 10.2. The molecule has 1 fully saturated rings. The number of alkyl carbamates (subject to hydrolysis) is 1. The van der Waals surface area contributed by atoms with Crippen LogP contribution in [0.1, 0.15) is 33.6 Å². The molecule has 1 aliphatic rings. The zero-order valence-corrected chi connectivity index (χ0v) is 7.94. The van der Waals surface area contributed by atoms with E-state index in [2.05, 4.69) is 12.2 Å². The van der Waals surface area contributed by atoms with Crippen LogP contribution in [-0.4, -0.2) is 17.2 Å². The Bertz CT molecular complexity index is 180. The Kier molecular flexibility index (Phi) is 2.06. The molecule has 1 amide bonds. The van der Waals surface area contributed by atoms with Gasteiger partial charge in [-0.25, -0.2) is 4.79 Å². The van der Waals surface area contributed by atoms with Crippen LogP contribution in [0.4, 0.5) is 4.79 Å². The fourth-order valence-electron chi connectivity index (χ4n) is 0.796. The Hall–Kier alpha value is -0.730. The first-order valence-electron chi connectivity index (χ1n) is 4.17. The van der Waals surface area contributed by atoms with Crippen molar-refractivity contribution in [1.82, 2.24) is 5.32 Å². The Morgan fingerprint density at radius 2 is 2.00 bits per heavy atom. The summed E-state index contributed by atoms with van der Waals surface area (Å²) in [5, 5.41) is 2.71.